The summed E-state index contributed by atoms with van der Waals surface area (Å²) in [7, 11) is 0. The van der Waals surface area contributed by atoms with Gasteiger partial charge >= 0.3 is 0 Å². The summed E-state index contributed by atoms with van der Waals surface area (Å²) < 4.78 is 5.32. The quantitative estimate of drug-likeness (QED) is 0.759. The van der Waals surface area contributed by atoms with Gasteiger partial charge in [0.15, 0.2) is 0 Å². The van der Waals surface area contributed by atoms with E-state index >= 15 is 0 Å². The molecule has 3 rings (SSSR count). The molecule has 0 saturated heterocycles. The highest BCUT2D eigenvalue weighted by atomic mass is 16.3. The molecule has 1 aliphatic rings. The third-order valence-corrected chi connectivity index (χ3v) is 3.21. The van der Waals surface area contributed by atoms with Crippen LogP contribution in [0, 0.1) is 11.3 Å². The Morgan fingerprint density at radius 3 is 2.38 bits per heavy atom. The lowest BCUT2D eigenvalue weighted by atomic mass is 9.96. The zero-order valence-corrected chi connectivity index (χ0v) is 8.81. The Morgan fingerprint density at radius 1 is 1.12 bits per heavy atom. The van der Waals surface area contributed by atoms with Crippen LogP contribution in [-0.2, 0) is 5.41 Å². The van der Waals surface area contributed by atoms with E-state index in [9.17, 15) is 0 Å². The van der Waals surface area contributed by atoms with E-state index in [1.54, 1.807) is 6.26 Å². The number of furan rings is 1. The maximum absolute atomic E-state index is 9.09. The number of benzene rings is 1. The summed E-state index contributed by atoms with van der Waals surface area (Å²) in [6.07, 6.45) is 3.65. The summed E-state index contributed by atoms with van der Waals surface area (Å²) in [6, 6.07) is 14.3. The SMILES string of the molecule is N#CC1(c2ccc(-c3ccco3)cc2)CC1. The Morgan fingerprint density at radius 2 is 1.88 bits per heavy atom. The van der Waals surface area contributed by atoms with Gasteiger partial charge in [0.05, 0.1) is 17.7 Å². The lowest BCUT2D eigenvalue weighted by Crippen LogP contribution is -2.01. The first-order chi connectivity index (χ1) is 7.84. The van der Waals surface area contributed by atoms with Crippen LogP contribution in [0.3, 0.4) is 0 Å². The Bertz CT molecular complexity index is 527. The Labute approximate surface area is 94.1 Å². The molecular weight excluding hydrogens is 198 g/mol. The van der Waals surface area contributed by atoms with Gasteiger partial charge in [-0.05, 0) is 30.5 Å². The summed E-state index contributed by atoms with van der Waals surface area (Å²) in [5, 5.41) is 9.09. The molecule has 1 aliphatic carbocycles. The van der Waals surface area contributed by atoms with Gasteiger partial charge in [0.2, 0.25) is 0 Å². The highest BCUT2D eigenvalue weighted by Crippen LogP contribution is 2.47. The van der Waals surface area contributed by atoms with Crippen LogP contribution in [0.25, 0.3) is 11.3 Å². The second-order valence-electron chi connectivity index (χ2n) is 4.25. The van der Waals surface area contributed by atoms with Crippen molar-refractivity contribution >= 4 is 0 Å². The van der Waals surface area contributed by atoms with Crippen molar-refractivity contribution in [1.82, 2.24) is 0 Å². The van der Waals surface area contributed by atoms with E-state index in [0.29, 0.717) is 0 Å². The molecular formula is C14H11NO. The molecule has 0 aliphatic heterocycles. The van der Waals surface area contributed by atoms with Gasteiger partial charge in [0.1, 0.15) is 5.76 Å². The minimum Gasteiger partial charge on any atom is -0.464 e. The van der Waals surface area contributed by atoms with Gasteiger partial charge in [-0.25, -0.2) is 0 Å². The topological polar surface area (TPSA) is 36.9 Å². The molecule has 0 spiro atoms. The first-order valence-electron chi connectivity index (χ1n) is 5.40. The highest BCUT2D eigenvalue weighted by Gasteiger charge is 2.44. The summed E-state index contributed by atoms with van der Waals surface area (Å²) in [6.45, 7) is 0. The second kappa shape index (κ2) is 3.24. The monoisotopic (exact) mass is 209 g/mol. The Kier molecular flexibility index (Phi) is 1.87. The van der Waals surface area contributed by atoms with Gasteiger partial charge < -0.3 is 4.42 Å². The van der Waals surface area contributed by atoms with Gasteiger partial charge in [-0.15, -0.1) is 0 Å². The predicted molar refractivity (Wildman–Crippen MR) is 60.7 cm³/mol. The molecule has 0 atom stereocenters. The zero-order valence-electron chi connectivity index (χ0n) is 8.81. The zero-order chi connectivity index (χ0) is 11.0. The van der Waals surface area contributed by atoms with Crippen molar-refractivity contribution in [3.8, 4) is 17.4 Å². The Balaban J connectivity index is 1.95. The van der Waals surface area contributed by atoms with Crippen LogP contribution in [0.15, 0.2) is 47.1 Å². The molecule has 2 nitrogen and oxygen atoms in total. The minimum absolute atomic E-state index is 0.193. The van der Waals surface area contributed by atoms with Crippen molar-refractivity contribution in [3.05, 3.63) is 48.2 Å². The molecule has 16 heavy (non-hydrogen) atoms. The lowest BCUT2D eigenvalue weighted by molar-refractivity contribution is 0.582. The average Bonchev–Trinajstić information content (AvgIpc) is 2.96. The van der Waals surface area contributed by atoms with Gasteiger partial charge in [-0.1, -0.05) is 24.3 Å². The average molecular weight is 209 g/mol. The van der Waals surface area contributed by atoms with Crippen LogP contribution in [0.2, 0.25) is 0 Å². The molecule has 0 radical (unpaired) electrons. The summed E-state index contributed by atoms with van der Waals surface area (Å²) in [5.74, 6) is 0.869. The molecule has 1 heterocycles. The molecule has 0 N–H and O–H groups in total. The van der Waals surface area contributed by atoms with Crippen molar-refractivity contribution in [2.75, 3.05) is 0 Å². The third-order valence-electron chi connectivity index (χ3n) is 3.21. The van der Waals surface area contributed by atoms with Gasteiger partial charge in [0, 0.05) is 5.56 Å². The molecule has 1 aromatic heterocycles. The minimum atomic E-state index is -0.193. The van der Waals surface area contributed by atoms with E-state index in [1.807, 2.05) is 36.4 Å². The molecule has 1 fully saturated rings. The van der Waals surface area contributed by atoms with E-state index in [0.717, 1.165) is 29.7 Å². The summed E-state index contributed by atoms with van der Waals surface area (Å²) >= 11 is 0. The maximum Gasteiger partial charge on any atom is 0.133 e. The van der Waals surface area contributed by atoms with Crippen LogP contribution >= 0.6 is 0 Å². The normalized spacial score (nSPS) is 16.7. The van der Waals surface area contributed by atoms with E-state index in [2.05, 4.69) is 6.07 Å². The molecule has 1 saturated carbocycles. The molecule has 0 amide bonds. The van der Waals surface area contributed by atoms with Crippen molar-refractivity contribution in [2.24, 2.45) is 0 Å². The second-order valence-corrected chi connectivity index (χ2v) is 4.25. The van der Waals surface area contributed by atoms with Crippen LogP contribution < -0.4 is 0 Å². The van der Waals surface area contributed by atoms with E-state index in [4.69, 9.17) is 9.68 Å². The number of nitriles is 1. The third kappa shape index (κ3) is 1.33. The fourth-order valence-electron chi connectivity index (χ4n) is 1.99. The van der Waals surface area contributed by atoms with Crippen LogP contribution in [0.1, 0.15) is 18.4 Å². The van der Waals surface area contributed by atoms with E-state index in [-0.39, 0.29) is 5.41 Å². The highest BCUT2D eigenvalue weighted by molar-refractivity contribution is 5.58. The van der Waals surface area contributed by atoms with Crippen molar-refractivity contribution in [2.45, 2.75) is 18.3 Å². The Hall–Kier alpha value is -2.01. The number of hydrogen-bond acceptors (Lipinski definition) is 2. The molecule has 2 aromatic rings. The van der Waals surface area contributed by atoms with Crippen molar-refractivity contribution in [3.63, 3.8) is 0 Å². The van der Waals surface area contributed by atoms with Gasteiger partial charge in [0.25, 0.3) is 0 Å². The van der Waals surface area contributed by atoms with Gasteiger partial charge in [-0.3, -0.25) is 0 Å². The first kappa shape index (κ1) is 9.23. The fourth-order valence-corrected chi connectivity index (χ4v) is 1.99. The first-order valence-corrected chi connectivity index (χ1v) is 5.40. The van der Waals surface area contributed by atoms with Crippen molar-refractivity contribution in [1.29, 1.82) is 5.26 Å². The smallest absolute Gasteiger partial charge is 0.133 e. The number of nitrogens with zero attached hydrogens (tertiary/aromatic N) is 1. The molecule has 1 aromatic carbocycles. The van der Waals surface area contributed by atoms with E-state index in [1.165, 1.54) is 0 Å². The van der Waals surface area contributed by atoms with Gasteiger partial charge in [-0.2, -0.15) is 5.26 Å². The predicted octanol–water partition coefficient (Wildman–Crippen LogP) is 3.50. The lowest BCUT2D eigenvalue weighted by Gasteiger charge is -2.06. The number of rotatable bonds is 2. The standard InChI is InChI=1S/C14H11NO/c15-10-14(7-8-14)12-5-3-11(4-6-12)13-2-1-9-16-13/h1-6,9H,7-8H2. The number of hydrogen-bond donors (Lipinski definition) is 0. The molecule has 2 heteroatoms. The molecule has 0 bridgehead atoms. The largest absolute Gasteiger partial charge is 0.464 e. The van der Waals surface area contributed by atoms with Crippen LogP contribution in [0.4, 0.5) is 0 Å². The molecule has 78 valence electrons. The summed E-state index contributed by atoms with van der Waals surface area (Å²) in [4.78, 5) is 0. The molecule has 0 unspecified atom stereocenters. The fraction of sp³-hybridized carbons (Fsp3) is 0.214. The van der Waals surface area contributed by atoms with Crippen LogP contribution in [-0.4, -0.2) is 0 Å². The van der Waals surface area contributed by atoms with Crippen LogP contribution in [0.5, 0.6) is 0 Å². The van der Waals surface area contributed by atoms with E-state index < -0.39 is 0 Å². The maximum atomic E-state index is 9.09. The van der Waals surface area contributed by atoms with Crippen molar-refractivity contribution < 1.29 is 4.42 Å². The summed E-state index contributed by atoms with van der Waals surface area (Å²) in [5.41, 5.74) is 2.00.